The van der Waals surface area contributed by atoms with E-state index in [0.29, 0.717) is 5.52 Å². The van der Waals surface area contributed by atoms with Crippen LogP contribution in [0.3, 0.4) is 0 Å². The normalized spacial score (nSPS) is 10.3. The van der Waals surface area contributed by atoms with Gasteiger partial charge in [-0.15, -0.1) is 0 Å². The molecule has 0 spiro atoms. The van der Waals surface area contributed by atoms with Crippen LogP contribution in [-0.2, 0) is 0 Å². The molecular weight excluding hydrogens is 269 g/mol. The first-order valence-electron chi connectivity index (χ1n) is 6.20. The summed E-state index contributed by atoms with van der Waals surface area (Å²) in [6.07, 6.45) is 0. The lowest BCUT2D eigenvalue weighted by Crippen LogP contribution is -1.95. The van der Waals surface area contributed by atoms with Gasteiger partial charge < -0.3 is 10.5 Å². The maximum Gasteiger partial charge on any atom is 0.237 e. The molecule has 3 aromatic rings. The van der Waals surface area contributed by atoms with Crippen LogP contribution in [0.15, 0.2) is 48.5 Å². The van der Waals surface area contributed by atoms with E-state index in [1.54, 1.807) is 6.07 Å². The molecular formula is C16H10FN3O. The molecule has 0 aliphatic heterocycles. The predicted octanol–water partition coefficient (Wildman–Crippen LogP) is 3.62. The third-order valence-corrected chi connectivity index (χ3v) is 3.00. The molecule has 5 heteroatoms. The lowest BCUT2D eigenvalue weighted by Gasteiger charge is -2.08. The summed E-state index contributed by atoms with van der Waals surface area (Å²) in [6, 6.07) is 15.2. The number of fused-ring (bicyclic) bond motifs is 1. The summed E-state index contributed by atoms with van der Waals surface area (Å²) in [6.45, 7) is 0. The number of para-hydroxylation sites is 1. The number of hydrogen-bond acceptors (Lipinski definition) is 4. The summed E-state index contributed by atoms with van der Waals surface area (Å²) < 4.78 is 18.9. The number of benzene rings is 2. The van der Waals surface area contributed by atoms with Crippen molar-refractivity contribution >= 4 is 16.6 Å². The largest absolute Gasteiger partial charge is 0.438 e. The molecule has 3 rings (SSSR count). The van der Waals surface area contributed by atoms with Gasteiger partial charge in [0.05, 0.1) is 11.2 Å². The van der Waals surface area contributed by atoms with Gasteiger partial charge in [-0.05, 0) is 24.3 Å². The van der Waals surface area contributed by atoms with Crippen LogP contribution in [0.1, 0.15) is 5.56 Å². The van der Waals surface area contributed by atoms with Crippen LogP contribution in [0.4, 0.5) is 10.1 Å². The highest BCUT2D eigenvalue weighted by molar-refractivity contribution is 5.81. The Morgan fingerprint density at radius 2 is 1.95 bits per heavy atom. The molecule has 0 bridgehead atoms. The van der Waals surface area contributed by atoms with Gasteiger partial charge in [0.25, 0.3) is 0 Å². The van der Waals surface area contributed by atoms with Gasteiger partial charge in [-0.3, -0.25) is 0 Å². The van der Waals surface area contributed by atoms with Crippen LogP contribution in [0, 0.1) is 17.1 Å². The van der Waals surface area contributed by atoms with Crippen LogP contribution in [0.25, 0.3) is 10.9 Å². The third kappa shape index (κ3) is 2.47. The van der Waals surface area contributed by atoms with Crippen molar-refractivity contribution in [2.24, 2.45) is 0 Å². The Hall–Kier alpha value is -3.13. The number of halogens is 1. The van der Waals surface area contributed by atoms with Gasteiger partial charge in [0.1, 0.15) is 23.2 Å². The number of ether oxygens (including phenoxy) is 1. The van der Waals surface area contributed by atoms with E-state index >= 15 is 0 Å². The summed E-state index contributed by atoms with van der Waals surface area (Å²) in [7, 11) is 0. The first-order valence-corrected chi connectivity index (χ1v) is 6.20. The topological polar surface area (TPSA) is 71.9 Å². The molecule has 2 aromatic carbocycles. The Kier molecular flexibility index (Phi) is 3.13. The van der Waals surface area contributed by atoms with Crippen LogP contribution in [0.5, 0.6) is 11.6 Å². The van der Waals surface area contributed by atoms with Gasteiger partial charge in [0.2, 0.25) is 5.88 Å². The molecule has 0 radical (unpaired) electrons. The minimum atomic E-state index is -0.577. The van der Waals surface area contributed by atoms with Gasteiger partial charge in [-0.25, -0.2) is 9.37 Å². The monoisotopic (exact) mass is 279 g/mol. The molecule has 0 unspecified atom stereocenters. The van der Waals surface area contributed by atoms with Crippen molar-refractivity contribution in [1.29, 1.82) is 5.26 Å². The lowest BCUT2D eigenvalue weighted by molar-refractivity contribution is 0.459. The summed E-state index contributed by atoms with van der Waals surface area (Å²) in [5, 5.41) is 10.0. The van der Waals surface area contributed by atoms with Crippen molar-refractivity contribution in [3.8, 4) is 17.7 Å². The summed E-state index contributed by atoms with van der Waals surface area (Å²) in [4.78, 5) is 4.29. The minimum absolute atomic E-state index is 0.0364. The van der Waals surface area contributed by atoms with E-state index in [9.17, 15) is 9.65 Å². The fourth-order valence-electron chi connectivity index (χ4n) is 1.94. The van der Waals surface area contributed by atoms with E-state index in [1.807, 2.05) is 30.3 Å². The Balaban J connectivity index is 2.06. The fourth-order valence-corrected chi connectivity index (χ4v) is 1.94. The number of anilines is 1. The van der Waals surface area contributed by atoms with Gasteiger partial charge in [-0.1, -0.05) is 18.2 Å². The molecule has 0 saturated heterocycles. The van der Waals surface area contributed by atoms with Crippen LogP contribution >= 0.6 is 0 Å². The van der Waals surface area contributed by atoms with Gasteiger partial charge in [0.15, 0.2) is 0 Å². The molecule has 0 aliphatic rings. The summed E-state index contributed by atoms with van der Waals surface area (Å²) in [5.74, 6) is -0.201. The van der Waals surface area contributed by atoms with Crippen molar-refractivity contribution in [3.63, 3.8) is 0 Å². The number of nitriles is 1. The smallest absolute Gasteiger partial charge is 0.237 e. The van der Waals surface area contributed by atoms with Crippen LogP contribution in [0.2, 0.25) is 0 Å². The number of aromatic nitrogens is 1. The third-order valence-electron chi connectivity index (χ3n) is 3.00. The number of nitrogen functional groups attached to an aromatic ring is 1. The minimum Gasteiger partial charge on any atom is -0.438 e. The van der Waals surface area contributed by atoms with Gasteiger partial charge in [-0.2, -0.15) is 5.26 Å². The molecule has 0 saturated carbocycles. The summed E-state index contributed by atoms with van der Waals surface area (Å²) >= 11 is 0. The molecule has 0 fully saturated rings. The van der Waals surface area contributed by atoms with Crippen molar-refractivity contribution in [2.45, 2.75) is 0 Å². The van der Waals surface area contributed by atoms with Gasteiger partial charge in [0, 0.05) is 11.5 Å². The highest BCUT2D eigenvalue weighted by Gasteiger charge is 2.10. The van der Waals surface area contributed by atoms with E-state index < -0.39 is 5.82 Å². The second kappa shape index (κ2) is 5.10. The average molecular weight is 279 g/mol. The molecule has 0 atom stereocenters. The van der Waals surface area contributed by atoms with Crippen LogP contribution < -0.4 is 10.5 Å². The molecule has 0 aliphatic carbocycles. The maximum atomic E-state index is 13.4. The van der Waals surface area contributed by atoms with E-state index in [2.05, 4.69) is 4.98 Å². The molecule has 4 nitrogen and oxygen atoms in total. The Labute approximate surface area is 120 Å². The van der Waals surface area contributed by atoms with Crippen molar-refractivity contribution in [2.75, 3.05) is 5.73 Å². The highest BCUT2D eigenvalue weighted by Crippen LogP contribution is 2.27. The van der Waals surface area contributed by atoms with E-state index in [-0.39, 0.29) is 22.9 Å². The Bertz CT molecular complexity index is 871. The first-order chi connectivity index (χ1) is 10.2. The Morgan fingerprint density at radius 1 is 1.14 bits per heavy atom. The van der Waals surface area contributed by atoms with Crippen molar-refractivity contribution < 1.29 is 9.13 Å². The van der Waals surface area contributed by atoms with Crippen LogP contribution in [-0.4, -0.2) is 4.98 Å². The zero-order valence-electron chi connectivity index (χ0n) is 10.9. The molecule has 21 heavy (non-hydrogen) atoms. The summed E-state index contributed by atoms with van der Waals surface area (Å²) in [5.41, 5.74) is 6.43. The highest BCUT2D eigenvalue weighted by atomic mass is 19.1. The maximum absolute atomic E-state index is 13.4. The standard InChI is InChI=1S/C16H10FN3O/c17-13-8-12(5-6-14(13)19)21-16-11(9-18)7-10-3-1-2-4-15(10)20-16/h1-8H,19H2. The van der Waals surface area contributed by atoms with E-state index in [1.165, 1.54) is 12.1 Å². The fraction of sp³-hybridized carbons (Fsp3) is 0. The van der Waals surface area contributed by atoms with Gasteiger partial charge >= 0.3 is 0 Å². The second-order valence-electron chi connectivity index (χ2n) is 4.43. The number of rotatable bonds is 2. The second-order valence-corrected chi connectivity index (χ2v) is 4.43. The zero-order valence-corrected chi connectivity index (χ0v) is 10.9. The number of hydrogen-bond donors (Lipinski definition) is 1. The molecule has 1 aromatic heterocycles. The van der Waals surface area contributed by atoms with E-state index in [0.717, 1.165) is 11.5 Å². The van der Waals surface area contributed by atoms with E-state index in [4.69, 9.17) is 10.5 Å². The average Bonchev–Trinajstić information content (AvgIpc) is 2.50. The predicted molar refractivity (Wildman–Crippen MR) is 77.3 cm³/mol. The number of pyridine rings is 1. The number of nitrogens with zero attached hydrogens (tertiary/aromatic N) is 2. The number of nitrogens with two attached hydrogens (primary N) is 1. The molecule has 102 valence electrons. The molecule has 2 N–H and O–H groups in total. The zero-order chi connectivity index (χ0) is 14.8. The van der Waals surface area contributed by atoms with Crippen molar-refractivity contribution in [1.82, 2.24) is 4.98 Å². The quantitative estimate of drug-likeness (QED) is 0.727. The molecule has 0 amide bonds. The first kappa shape index (κ1) is 12.9. The molecule has 1 heterocycles. The Morgan fingerprint density at radius 3 is 2.71 bits per heavy atom. The lowest BCUT2D eigenvalue weighted by atomic mass is 10.1. The van der Waals surface area contributed by atoms with Crippen molar-refractivity contribution in [3.05, 3.63) is 59.9 Å². The SMILES string of the molecule is N#Cc1cc2ccccc2nc1Oc1ccc(N)c(F)c1.